The van der Waals surface area contributed by atoms with E-state index in [0.717, 1.165) is 16.7 Å². The number of fused-ring (bicyclic) bond motifs is 1. The van der Waals surface area contributed by atoms with Crippen LogP contribution in [0.5, 0.6) is 0 Å². The molecule has 6 nitrogen and oxygen atoms in total. The molecule has 0 aliphatic rings. The Bertz CT molecular complexity index is 884. The van der Waals surface area contributed by atoms with Crippen LogP contribution in [-0.2, 0) is 0 Å². The summed E-state index contributed by atoms with van der Waals surface area (Å²) in [4.78, 5) is 24.9. The number of hydrogen-bond acceptors (Lipinski definition) is 5. The van der Waals surface area contributed by atoms with Crippen molar-refractivity contribution in [3.63, 3.8) is 0 Å². The molecular formula is C17H16ClN5O. The van der Waals surface area contributed by atoms with Crippen molar-refractivity contribution >= 4 is 34.4 Å². The molecule has 0 unspecified atom stereocenters. The lowest BCUT2D eigenvalue weighted by Gasteiger charge is -2.09. The number of halogens is 1. The van der Waals surface area contributed by atoms with Gasteiger partial charge in [-0.15, -0.1) is 0 Å². The maximum absolute atomic E-state index is 12.1. The third-order valence-electron chi connectivity index (χ3n) is 3.44. The summed E-state index contributed by atoms with van der Waals surface area (Å²) in [6.45, 7) is 2.86. The average molecular weight is 342 g/mol. The lowest BCUT2D eigenvalue weighted by Crippen LogP contribution is -2.29. The van der Waals surface area contributed by atoms with Gasteiger partial charge in [-0.2, -0.15) is 0 Å². The zero-order valence-electron chi connectivity index (χ0n) is 13.1. The van der Waals surface area contributed by atoms with Crippen molar-refractivity contribution in [2.45, 2.75) is 6.92 Å². The summed E-state index contributed by atoms with van der Waals surface area (Å²) in [6.07, 6.45) is 1.49. The molecule has 24 heavy (non-hydrogen) atoms. The van der Waals surface area contributed by atoms with Gasteiger partial charge in [0.25, 0.3) is 5.91 Å². The molecule has 2 aromatic heterocycles. The van der Waals surface area contributed by atoms with Crippen LogP contribution in [0.4, 0.5) is 5.82 Å². The van der Waals surface area contributed by atoms with E-state index in [1.165, 1.54) is 6.33 Å². The van der Waals surface area contributed by atoms with E-state index in [1.807, 2.05) is 19.1 Å². The average Bonchev–Trinajstić information content (AvgIpc) is 2.59. The molecular weight excluding hydrogens is 326 g/mol. The molecule has 3 rings (SSSR count). The van der Waals surface area contributed by atoms with Gasteiger partial charge in [0.05, 0.1) is 16.1 Å². The molecule has 0 atom stereocenters. The maximum Gasteiger partial charge on any atom is 0.252 e. The fourth-order valence-corrected chi connectivity index (χ4v) is 2.49. The molecule has 2 heterocycles. The van der Waals surface area contributed by atoms with Crippen molar-refractivity contribution in [2.24, 2.45) is 0 Å². The number of pyridine rings is 1. The minimum absolute atomic E-state index is 0.205. The lowest BCUT2D eigenvalue weighted by atomic mass is 10.2. The number of aryl methyl sites for hydroxylation is 1. The van der Waals surface area contributed by atoms with E-state index in [0.29, 0.717) is 29.5 Å². The highest BCUT2D eigenvalue weighted by molar-refractivity contribution is 6.33. The summed E-state index contributed by atoms with van der Waals surface area (Å²) >= 11 is 6.01. The van der Waals surface area contributed by atoms with E-state index >= 15 is 0 Å². The minimum atomic E-state index is -0.205. The van der Waals surface area contributed by atoms with Crippen LogP contribution in [0.15, 0.2) is 42.7 Å². The Morgan fingerprint density at radius 1 is 1.12 bits per heavy atom. The first-order chi connectivity index (χ1) is 11.6. The van der Waals surface area contributed by atoms with Crippen molar-refractivity contribution in [3.8, 4) is 0 Å². The van der Waals surface area contributed by atoms with Crippen molar-refractivity contribution < 1.29 is 4.79 Å². The number of aromatic nitrogens is 3. The summed E-state index contributed by atoms with van der Waals surface area (Å²) in [5, 5.41) is 6.43. The van der Waals surface area contributed by atoms with Crippen LogP contribution >= 0.6 is 11.6 Å². The fourth-order valence-electron chi connectivity index (χ4n) is 2.26. The summed E-state index contributed by atoms with van der Waals surface area (Å²) in [7, 11) is 0. The predicted molar refractivity (Wildman–Crippen MR) is 94.3 cm³/mol. The largest absolute Gasteiger partial charge is 0.366 e. The normalized spacial score (nSPS) is 10.6. The number of benzene rings is 1. The Morgan fingerprint density at radius 3 is 2.79 bits per heavy atom. The molecule has 0 saturated carbocycles. The number of anilines is 1. The molecule has 7 heteroatoms. The van der Waals surface area contributed by atoms with Gasteiger partial charge in [0, 0.05) is 18.8 Å². The van der Waals surface area contributed by atoms with Crippen molar-refractivity contribution in [1.29, 1.82) is 0 Å². The molecule has 122 valence electrons. The van der Waals surface area contributed by atoms with Crippen LogP contribution in [0.1, 0.15) is 16.1 Å². The first-order valence-electron chi connectivity index (χ1n) is 7.50. The molecule has 1 amide bonds. The van der Waals surface area contributed by atoms with Gasteiger partial charge in [-0.25, -0.2) is 15.0 Å². The van der Waals surface area contributed by atoms with E-state index in [1.54, 1.807) is 24.3 Å². The smallest absolute Gasteiger partial charge is 0.252 e. The van der Waals surface area contributed by atoms with Gasteiger partial charge in [-0.3, -0.25) is 4.79 Å². The molecule has 0 fully saturated rings. The Kier molecular flexibility index (Phi) is 4.86. The number of nitrogens with zero attached hydrogens (tertiary/aromatic N) is 3. The second-order valence-electron chi connectivity index (χ2n) is 5.21. The second kappa shape index (κ2) is 7.23. The Hall–Kier alpha value is -2.73. The van der Waals surface area contributed by atoms with Crippen molar-refractivity contribution in [3.05, 3.63) is 59.0 Å². The van der Waals surface area contributed by atoms with Crippen LogP contribution in [0.3, 0.4) is 0 Å². The van der Waals surface area contributed by atoms with Crippen molar-refractivity contribution in [1.82, 2.24) is 20.3 Å². The van der Waals surface area contributed by atoms with Crippen LogP contribution in [0, 0.1) is 6.92 Å². The minimum Gasteiger partial charge on any atom is -0.366 e. The molecule has 0 saturated heterocycles. The van der Waals surface area contributed by atoms with Crippen LogP contribution in [0.2, 0.25) is 5.02 Å². The highest BCUT2D eigenvalue weighted by Gasteiger charge is 2.09. The number of rotatable bonds is 5. The van der Waals surface area contributed by atoms with E-state index in [9.17, 15) is 4.79 Å². The van der Waals surface area contributed by atoms with Gasteiger partial charge in [0.2, 0.25) is 0 Å². The SMILES string of the molecule is Cc1ccc2ncnc(NCCNC(=O)c3ccccc3Cl)c2n1. The number of carbonyl (C=O) groups is 1. The number of carbonyl (C=O) groups excluding carboxylic acids is 1. The van der Waals surface area contributed by atoms with Crippen molar-refractivity contribution in [2.75, 3.05) is 18.4 Å². The maximum atomic E-state index is 12.1. The molecule has 3 aromatic rings. The molecule has 0 spiro atoms. The number of nitrogens with one attached hydrogen (secondary N) is 2. The third-order valence-corrected chi connectivity index (χ3v) is 3.77. The summed E-state index contributed by atoms with van der Waals surface area (Å²) < 4.78 is 0. The summed E-state index contributed by atoms with van der Waals surface area (Å²) in [5.41, 5.74) is 2.85. The molecule has 1 aromatic carbocycles. The van der Waals surface area contributed by atoms with Gasteiger partial charge in [-0.05, 0) is 31.2 Å². The second-order valence-corrected chi connectivity index (χ2v) is 5.61. The van der Waals surface area contributed by atoms with Crippen LogP contribution in [-0.4, -0.2) is 33.9 Å². The van der Waals surface area contributed by atoms with E-state index < -0.39 is 0 Å². The first kappa shape index (κ1) is 16.1. The van der Waals surface area contributed by atoms with E-state index in [4.69, 9.17) is 11.6 Å². The third kappa shape index (κ3) is 3.60. The zero-order chi connectivity index (χ0) is 16.9. The van der Waals surface area contributed by atoms with Crippen LogP contribution in [0.25, 0.3) is 11.0 Å². The first-order valence-corrected chi connectivity index (χ1v) is 7.88. The molecule has 0 bridgehead atoms. The van der Waals surface area contributed by atoms with E-state index in [2.05, 4.69) is 25.6 Å². The topological polar surface area (TPSA) is 79.8 Å². The zero-order valence-corrected chi connectivity index (χ0v) is 13.8. The van der Waals surface area contributed by atoms with Crippen LogP contribution < -0.4 is 10.6 Å². The van der Waals surface area contributed by atoms with Gasteiger partial charge in [0.15, 0.2) is 5.82 Å². The number of hydrogen-bond donors (Lipinski definition) is 2. The standard InChI is InChI=1S/C17H16ClN5O/c1-11-6-7-14-15(23-11)16(22-10-21-14)19-8-9-20-17(24)12-4-2-3-5-13(12)18/h2-7,10H,8-9H2,1H3,(H,20,24)(H,19,21,22). The highest BCUT2D eigenvalue weighted by atomic mass is 35.5. The predicted octanol–water partition coefficient (Wildman–Crippen LogP) is 2.83. The molecule has 0 aliphatic heterocycles. The molecule has 0 radical (unpaired) electrons. The highest BCUT2D eigenvalue weighted by Crippen LogP contribution is 2.17. The van der Waals surface area contributed by atoms with Gasteiger partial charge >= 0.3 is 0 Å². The molecule has 2 N–H and O–H groups in total. The Morgan fingerprint density at radius 2 is 1.96 bits per heavy atom. The monoisotopic (exact) mass is 341 g/mol. The fraction of sp³-hybridized carbons (Fsp3) is 0.176. The summed E-state index contributed by atoms with van der Waals surface area (Å²) in [6, 6.07) is 10.8. The lowest BCUT2D eigenvalue weighted by molar-refractivity contribution is 0.0955. The Balaban J connectivity index is 1.60. The van der Waals surface area contributed by atoms with Gasteiger partial charge in [-0.1, -0.05) is 23.7 Å². The number of amides is 1. The van der Waals surface area contributed by atoms with Gasteiger partial charge < -0.3 is 10.6 Å². The molecule has 0 aliphatic carbocycles. The Labute approximate surface area is 144 Å². The quantitative estimate of drug-likeness (QED) is 0.697. The van der Waals surface area contributed by atoms with E-state index in [-0.39, 0.29) is 5.91 Å². The summed E-state index contributed by atoms with van der Waals surface area (Å²) in [5.74, 6) is 0.444. The van der Waals surface area contributed by atoms with Gasteiger partial charge in [0.1, 0.15) is 11.8 Å².